The van der Waals surface area contributed by atoms with Crippen LogP contribution in [0.5, 0.6) is 11.5 Å². The van der Waals surface area contributed by atoms with Gasteiger partial charge < -0.3 is 30.8 Å². The second kappa shape index (κ2) is 6.32. The molecule has 0 unspecified atom stereocenters. The minimum atomic E-state index is -1.66. The number of pyridine rings is 1. The summed E-state index contributed by atoms with van der Waals surface area (Å²) in [4.78, 5) is 36.9. The molecule has 0 aliphatic rings. The van der Waals surface area contributed by atoms with E-state index in [1.807, 2.05) is 4.98 Å². The lowest BCUT2D eigenvalue weighted by Gasteiger charge is -2.15. The molecule has 2 rings (SSSR count). The number of rotatable bonds is 5. The number of aromatic carboxylic acids is 2. The van der Waals surface area contributed by atoms with Gasteiger partial charge in [-0.1, -0.05) is 12.1 Å². The smallest absolute Gasteiger partial charge is 0.342 e. The van der Waals surface area contributed by atoms with E-state index in [4.69, 9.17) is 10.5 Å². The first-order valence-electron chi connectivity index (χ1n) is 6.77. The zero-order valence-electron chi connectivity index (χ0n) is 12.5. The predicted octanol–water partition coefficient (Wildman–Crippen LogP) is 1.12. The van der Waals surface area contributed by atoms with Crippen molar-refractivity contribution in [2.75, 3.05) is 12.3 Å². The quantitative estimate of drug-likeness (QED) is 0.543. The fourth-order valence-electron chi connectivity index (χ4n) is 2.31. The van der Waals surface area contributed by atoms with E-state index < -0.39 is 45.8 Å². The molecule has 0 saturated carbocycles. The lowest BCUT2D eigenvalue weighted by atomic mass is 9.94. The summed E-state index contributed by atoms with van der Waals surface area (Å²) in [5.74, 6) is -4.21. The second-order valence-electron chi connectivity index (χ2n) is 4.69. The summed E-state index contributed by atoms with van der Waals surface area (Å²) in [6.45, 7) is 1.88. The molecule has 6 N–H and O–H groups in total. The monoisotopic (exact) mass is 334 g/mol. The van der Waals surface area contributed by atoms with Crippen molar-refractivity contribution in [1.82, 2.24) is 4.98 Å². The number of carbonyl (C=O) groups is 2. The van der Waals surface area contributed by atoms with Crippen LogP contribution in [0.25, 0.3) is 11.1 Å². The number of H-pyrrole nitrogens is 1. The molecular weight excluding hydrogens is 320 g/mol. The van der Waals surface area contributed by atoms with E-state index in [0.717, 1.165) is 0 Å². The maximum Gasteiger partial charge on any atom is 0.342 e. The second-order valence-corrected chi connectivity index (χ2v) is 4.69. The molecule has 9 heteroatoms. The Morgan fingerprint density at radius 3 is 2.38 bits per heavy atom. The summed E-state index contributed by atoms with van der Waals surface area (Å²) < 4.78 is 5.20. The van der Waals surface area contributed by atoms with Gasteiger partial charge in [-0.2, -0.15) is 0 Å². The number of aromatic hydroxyl groups is 1. The van der Waals surface area contributed by atoms with Crippen LogP contribution in [0.2, 0.25) is 0 Å². The van der Waals surface area contributed by atoms with Crippen molar-refractivity contribution in [2.24, 2.45) is 0 Å². The Labute approximate surface area is 134 Å². The molecule has 126 valence electrons. The highest BCUT2D eigenvalue weighted by atomic mass is 16.5. The summed E-state index contributed by atoms with van der Waals surface area (Å²) in [7, 11) is 0. The number of aromatic nitrogens is 1. The van der Waals surface area contributed by atoms with Gasteiger partial charge in [0.2, 0.25) is 0 Å². The van der Waals surface area contributed by atoms with Crippen LogP contribution in [0.15, 0.2) is 23.0 Å². The van der Waals surface area contributed by atoms with Crippen LogP contribution in [0.1, 0.15) is 27.6 Å². The molecule has 0 bridgehead atoms. The van der Waals surface area contributed by atoms with Crippen molar-refractivity contribution < 1.29 is 29.6 Å². The van der Waals surface area contributed by atoms with Crippen LogP contribution in [0.3, 0.4) is 0 Å². The number of nitrogen functional groups attached to an aromatic ring is 1. The van der Waals surface area contributed by atoms with E-state index in [-0.39, 0.29) is 17.9 Å². The number of phenolic OH excluding ortho intramolecular Hbond substituents is 1. The van der Waals surface area contributed by atoms with Crippen molar-refractivity contribution in [3.63, 3.8) is 0 Å². The van der Waals surface area contributed by atoms with Gasteiger partial charge >= 0.3 is 11.9 Å². The third kappa shape index (κ3) is 2.74. The number of hydrogen-bond acceptors (Lipinski definition) is 6. The van der Waals surface area contributed by atoms with E-state index in [9.17, 15) is 29.7 Å². The Hall–Kier alpha value is -3.49. The van der Waals surface area contributed by atoms with Gasteiger partial charge in [0.05, 0.1) is 6.61 Å². The van der Waals surface area contributed by atoms with Crippen LogP contribution >= 0.6 is 0 Å². The maximum absolute atomic E-state index is 12.0. The molecule has 1 aromatic carbocycles. The standard InChI is InChI=1S/C15H14N2O7/c1-2-24-7-5-3-4-6(11(7)18)8-9(14(20)21)12(16)17-13(19)10(8)15(22)23/h3-5,18H,2H2,1H3,(H,20,21)(H,22,23)(H3,16,17,19). The van der Waals surface area contributed by atoms with Gasteiger partial charge in [0.1, 0.15) is 16.9 Å². The molecule has 2 aromatic rings. The topological polar surface area (TPSA) is 163 Å². The molecule has 0 atom stereocenters. The molecule has 0 aliphatic carbocycles. The number of aromatic amines is 1. The van der Waals surface area contributed by atoms with E-state index in [2.05, 4.69) is 0 Å². The predicted molar refractivity (Wildman–Crippen MR) is 83.7 cm³/mol. The van der Waals surface area contributed by atoms with Gasteiger partial charge in [0.25, 0.3) is 5.56 Å². The number of ether oxygens (including phenoxy) is 1. The van der Waals surface area contributed by atoms with Crippen LogP contribution in [-0.4, -0.2) is 38.8 Å². The first-order chi connectivity index (χ1) is 11.3. The zero-order valence-corrected chi connectivity index (χ0v) is 12.5. The van der Waals surface area contributed by atoms with Crippen molar-refractivity contribution >= 4 is 17.8 Å². The fourth-order valence-corrected chi connectivity index (χ4v) is 2.31. The molecule has 0 radical (unpaired) electrons. The number of nitrogens with two attached hydrogens (primary N) is 1. The number of carboxylic acid groups (broad SMARTS) is 2. The van der Waals surface area contributed by atoms with Gasteiger partial charge in [-0.3, -0.25) is 4.79 Å². The third-order valence-electron chi connectivity index (χ3n) is 3.24. The molecule has 0 aliphatic heterocycles. The molecule has 24 heavy (non-hydrogen) atoms. The minimum absolute atomic E-state index is 0.0153. The SMILES string of the molecule is CCOc1cccc(-c2c(C(=O)O)c(N)[nH]c(=O)c2C(=O)O)c1O. The summed E-state index contributed by atoms with van der Waals surface area (Å²) in [5, 5.41) is 29.0. The number of hydrogen-bond donors (Lipinski definition) is 5. The number of para-hydroxylation sites is 1. The number of anilines is 1. The lowest BCUT2D eigenvalue weighted by molar-refractivity contribution is 0.0695. The first kappa shape index (κ1) is 16.9. The van der Waals surface area contributed by atoms with E-state index in [1.54, 1.807) is 6.92 Å². The number of phenols is 1. The average Bonchev–Trinajstić information content (AvgIpc) is 2.47. The molecule has 0 saturated heterocycles. The molecular formula is C15H14N2O7. The molecule has 1 heterocycles. The molecule has 1 aromatic heterocycles. The number of benzene rings is 1. The summed E-state index contributed by atoms with van der Waals surface area (Å²) in [6.07, 6.45) is 0. The Bertz CT molecular complexity index is 886. The molecule has 0 fully saturated rings. The number of nitrogens with one attached hydrogen (secondary N) is 1. The van der Waals surface area contributed by atoms with E-state index in [1.165, 1.54) is 18.2 Å². The van der Waals surface area contributed by atoms with Crippen LogP contribution in [-0.2, 0) is 0 Å². The highest BCUT2D eigenvalue weighted by Crippen LogP contribution is 2.40. The molecule has 0 spiro atoms. The fraction of sp³-hybridized carbons (Fsp3) is 0.133. The zero-order chi connectivity index (χ0) is 18.0. The normalized spacial score (nSPS) is 10.4. The number of carboxylic acids is 2. The van der Waals surface area contributed by atoms with Crippen molar-refractivity contribution in [1.29, 1.82) is 0 Å². The average molecular weight is 334 g/mol. The highest BCUT2D eigenvalue weighted by molar-refractivity contribution is 6.08. The van der Waals surface area contributed by atoms with Crippen molar-refractivity contribution in [3.05, 3.63) is 39.7 Å². The Kier molecular flexibility index (Phi) is 4.45. The van der Waals surface area contributed by atoms with Crippen molar-refractivity contribution in [3.8, 4) is 22.6 Å². The third-order valence-corrected chi connectivity index (χ3v) is 3.24. The van der Waals surface area contributed by atoms with Crippen molar-refractivity contribution in [2.45, 2.75) is 6.92 Å². The summed E-state index contributed by atoms with van der Waals surface area (Å²) >= 11 is 0. The van der Waals surface area contributed by atoms with Gasteiger partial charge in [-0.15, -0.1) is 0 Å². The van der Waals surface area contributed by atoms with Crippen LogP contribution < -0.4 is 16.0 Å². The maximum atomic E-state index is 12.0. The van der Waals surface area contributed by atoms with E-state index >= 15 is 0 Å². The van der Waals surface area contributed by atoms with Gasteiger partial charge in [0.15, 0.2) is 11.5 Å². The van der Waals surface area contributed by atoms with Gasteiger partial charge in [-0.25, -0.2) is 9.59 Å². The van der Waals surface area contributed by atoms with Gasteiger partial charge in [0, 0.05) is 11.1 Å². The molecule has 9 nitrogen and oxygen atoms in total. The Morgan fingerprint density at radius 1 is 1.21 bits per heavy atom. The Balaban J connectivity index is 2.97. The molecule has 0 amide bonds. The minimum Gasteiger partial charge on any atom is -0.504 e. The van der Waals surface area contributed by atoms with Crippen LogP contribution in [0, 0.1) is 0 Å². The first-order valence-corrected chi connectivity index (χ1v) is 6.77. The highest BCUT2D eigenvalue weighted by Gasteiger charge is 2.28. The van der Waals surface area contributed by atoms with E-state index in [0.29, 0.717) is 0 Å². The summed E-state index contributed by atoms with van der Waals surface area (Å²) in [6, 6.07) is 4.11. The Morgan fingerprint density at radius 2 is 1.83 bits per heavy atom. The lowest BCUT2D eigenvalue weighted by Crippen LogP contribution is -2.24. The van der Waals surface area contributed by atoms with Crippen LogP contribution in [0.4, 0.5) is 5.82 Å². The largest absolute Gasteiger partial charge is 0.504 e. The van der Waals surface area contributed by atoms with Gasteiger partial charge in [-0.05, 0) is 13.0 Å². The summed E-state index contributed by atoms with van der Waals surface area (Å²) in [5.41, 5.74) is 2.30.